The molecule has 0 aromatic carbocycles. The Bertz CT molecular complexity index is 453. The van der Waals surface area contributed by atoms with Gasteiger partial charge < -0.3 is 5.73 Å². The summed E-state index contributed by atoms with van der Waals surface area (Å²) in [6, 6.07) is 0.354. The van der Waals surface area contributed by atoms with E-state index < -0.39 is 0 Å². The van der Waals surface area contributed by atoms with Crippen molar-refractivity contribution in [2.24, 2.45) is 0 Å². The van der Waals surface area contributed by atoms with Gasteiger partial charge in [-0.25, -0.2) is 4.98 Å². The third-order valence-electron chi connectivity index (χ3n) is 2.95. The lowest BCUT2D eigenvalue weighted by atomic mass is 10.2. The minimum Gasteiger partial charge on any atom is -0.368 e. The maximum atomic E-state index is 11.8. The fourth-order valence-corrected chi connectivity index (χ4v) is 2.07. The van der Waals surface area contributed by atoms with Crippen LogP contribution in [0.4, 0.5) is 11.8 Å². The minimum absolute atomic E-state index is 0.135. The second kappa shape index (κ2) is 2.68. The summed E-state index contributed by atoms with van der Waals surface area (Å²) >= 11 is 0. The largest absolute Gasteiger partial charge is 0.368 e. The number of carbonyl (C=O) groups is 1. The number of anilines is 2. The number of hydrogen-bond acceptors (Lipinski definition) is 4. The summed E-state index contributed by atoms with van der Waals surface area (Å²) in [5, 5.41) is 0. The van der Waals surface area contributed by atoms with Gasteiger partial charge in [0.2, 0.25) is 11.9 Å². The van der Waals surface area contributed by atoms with Gasteiger partial charge in [0.1, 0.15) is 5.82 Å². The Kier molecular flexibility index (Phi) is 1.55. The van der Waals surface area contributed by atoms with Crippen LogP contribution >= 0.6 is 0 Å². The molecule has 2 heterocycles. The van der Waals surface area contributed by atoms with Crippen LogP contribution in [0.2, 0.25) is 0 Å². The quantitative estimate of drug-likeness (QED) is 0.719. The van der Waals surface area contributed by atoms with Gasteiger partial charge in [0.05, 0.1) is 6.42 Å². The van der Waals surface area contributed by atoms with Crippen LogP contribution in [0, 0.1) is 6.92 Å². The summed E-state index contributed by atoms with van der Waals surface area (Å²) in [5.41, 5.74) is 7.37. The smallest absolute Gasteiger partial charge is 0.233 e. The molecule has 1 amide bonds. The van der Waals surface area contributed by atoms with Gasteiger partial charge in [0.25, 0.3) is 0 Å². The van der Waals surface area contributed by atoms with Crippen LogP contribution in [0.5, 0.6) is 0 Å². The molecule has 0 atom stereocenters. The van der Waals surface area contributed by atoms with Crippen LogP contribution in [-0.4, -0.2) is 21.9 Å². The summed E-state index contributed by atoms with van der Waals surface area (Å²) in [5.74, 6) is 1.13. The van der Waals surface area contributed by atoms with Crippen molar-refractivity contribution >= 4 is 17.7 Å². The van der Waals surface area contributed by atoms with Crippen LogP contribution < -0.4 is 10.6 Å². The van der Waals surface area contributed by atoms with Crippen molar-refractivity contribution < 1.29 is 4.79 Å². The Hall–Kier alpha value is -1.65. The van der Waals surface area contributed by atoms with E-state index in [4.69, 9.17) is 5.73 Å². The molecule has 0 saturated heterocycles. The Morgan fingerprint density at radius 3 is 2.80 bits per heavy atom. The van der Waals surface area contributed by atoms with E-state index in [-0.39, 0.29) is 11.9 Å². The maximum Gasteiger partial charge on any atom is 0.233 e. The number of fused-ring (bicyclic) bond motifs is 1. The maximum absolute atomic E-state index is 11.8. The van der Waals surface area contributed by atoms with E-state index in [1.54, 1.807) is 4.90 Å². The van der Waals surface area contributed by atoms with Crippen molar-refractivity contribution in [2.75, 3.05) is 10.6 Å². The molecule has 1 aliphatic heterocycles. The number of carbonyl (C=O) groups excluding carboxylic acids is 1. The van der Waals surface area contributed by atoms with E-state index in [0.29, 0.717) is 12.5 Å². The van der Waals surface area contributed by atoms with E-state index in [9.17, 15) is 4.79 Å². The number of nitrogens with zero attached hydrogens (tertiary/aromatic N) is 3. The molecule has 78 valence electrons. The van der Waals surface area contributed by atoms with Gasteiger partial charge in [0.15, 0.2) is 0 Å². The van der Waals surface area contributed by atoms with Crippen LogP contribution in [0.3, 0.4) is 0 Å². The lowest BCUT2D eigenvalue weighted by Gasteiger charge is -2.15. The Balaban J connectivity index is 2.14. The van der Waals surface area contributed by atoms with Gasteiger partial charge in [-0.3, -0.25) is 9.69 Å². The summed E-state index contributed by atoms with van der Waals surface area (Å²) in [7, 11) is 0. The summed E-state index contributed by atoms with van der Waals surface area (Å²) in [6.07, 6.45) is 2.58. The third-order valence-corrected chi connectivity index (χ3v) is 2.95. The van der Waals surface area contributed by atoms with Crippen LogP contribution in [0.15, 0.2) is 0 Å². The molecule has 5 nitrogen and oxygen atoms in total. The highest BCUT2D eigenvalue weighted by molar-refractivity contribution is 6.01. The standard InChI is InChI=1S/C10H12N4O/c1-5-7-4-8(15)14(6-2-3-6)9(7)13-10(11)12-5/h6H,2-4H2,1H3,(H2,11,12,13). The van der Waals surface area contributed by atoms with Crippen LogP contribution in [-0.2, 0) is 11.2 Å². The molecule has 1 aromatic rings. The van der Waals surface area contributed by atoms with E-state index in [1.165, 1.54) is 0 Å². The molecule has 0 spiro atoms. The number of aromatic nitrogens is 2. The van der Waals surface area contributed by atoms with Gasteiger partial charge in [-0.2, -0.15) is 4.98 Å². The van der Waals surface area contributed by atoms with Crippen molar-refractivity contribution in [3.63, 3.8) is 0 Å². The summed E-state index contributed by atoms with van der Waals surface area (Å²) in [6.45, 7) is 1.88. The first-order chi connectivity index (χ1) is 7.16. The SMILES string of the molecule is Cc1nc(N)nc2c1CC(=O)N2C1CC1. The lowest BCUT2D eigenvalue weighted by molar-refractivity contribution is -0.117. The van der Waals surface area contributed by atoms with Gasteiger partial charge in [-0.15, -0.1) is 0 Å². The topological polar surface area (TPSA) is 72.1 Å². The van der Waals surface area contributed by atoms with Crippen molar-refractivity contribution in [2.45, 2.75) is 32.2 Å². The monoisotopic (exact) mass is 204 g/mol. The number of amides is 1. The predicted molar refractivity (Wildman–Crippen MR) is 55.4 cm³/mol. The zero-order chi connectivity index (χ0) is 10.6. The van der Waals surface area contributed by atoms with Crippen molar-refractivity contribution in [3.05, 3.63) is 11.3 Å². The molecule has 2 aliphatic rings. The van der Waals surface area contributed by atoms with Gasteiger partial charge >= 0.3 is 0 Å². The Labute approximate surface area is 87.3 Å². The first kappa shape index (κ1) is 8.64. The molecular weight excluding hydrogens is 192 g/mol. The second-order valence-electron chi connectivity index (χ2n) is 4.14. The predicted octanol–water partition coefficient (Wildman–Crippen LogP) is 0.419. The number of rotatable bonds is 1. The average Bonchev–Trinajstić information content (AvgIpc) is 2.91. The molecule has 5 heteroatoms. The van der Waals surface area contributed by atoms with Gasteiger partial charge in [-0.1, -0.05) is 0 Å². The van der Waals surface area contributed by atoms with E-state index in [2.05, 4.69) is 9.97 Å². The number of nitrogen functional groups attached to an aromatic ring is 1. The van der Waals surface area contributed by atoms with E-state index >= 15 is 0 Å². The molecule has 3 rings (SSSR count). The third kappa shape index (κ3) is 1.19. The van der Waals surface area contributed by atoms with Gasteiger partial charge in [-0.05, 0) is 19.8 Å². The zero-order valence-corrected chi connectivity index (χ0v) is 8.53. The second-order valence-corrected chi connectivity index (χ2v) is 4.14. The van der Waals surface area contributed by atoms with Crippen molar-refractivity contribution in [3.8, 4) is 0 Å². The first-order valence-electron chi connectivity index (χ1n) is 5.12. The fourth-order valence-electron chi connectivity index (χ4n) is 2.07. The van der Waals surface area contributed by atoms with Crippen LogP contribution in [0.1, 0.15) is 24.1 Å². The molecule has 1 aliphatic carbocycles. The normalized spacial score (nSPS) is 19.5. The van der Waals surface area contributed by atoms with Crippen molar-refractivity contribution in [1.82, 2.24) is 9.97 Å². The molecule has 1 aromatic heterocycles. The number of aryl methyl sites for hydroxylation is 1. The molecule has 15 heavy (non-hydrogen) atoms. The highest BCUT2D eigenvalue weighted by Gasteiger charge is 2.40. The molecule has 0 unspecified atom stereocenters. The molecule has 0 radical (unpaired) electrons. The summed E-state index contributed by atoms with van der Waals surface area (Å²) < 4.78 is 0. The number of hydrogen-bond donors (Lipinski definition) is 1. The average molecular weight is 204 g/mol. The molecule has 1 fully saturated rings. The number of nitrogens with two attached hydrogens (primary N) is 1. The lowest BCUT2D eigenvalue weighted by Crippen LogP contribution is -2.29. The van der Waals surface area contributed by atoms with Crippen LogP contribution in [0.25, 0.3) is 0 Å². The Morgan fingerprint density at radius 1 is 1.40 bits per heavy atom. The minimum atomic E-state index is 0.135. The van der Waals surface area contributed by atoms with Crippen molar-refractivity contribution in [1.29, 1.82) is 0 Å². The molecule has 1 saturated carbocycles. The Morgan fingerprint density at radius 2 is 2.13 bits per heavy atom. The zero-order valence-electron chi connectivity index (χ0n) is 8.53. The van der Waals surface area contributed by atoms with E-state index in [1.807, 2.05) is 6.92 Å². The molecule has 0 bridgehead atoms. The summed E-state index contributed by atoms with van der Waals surface area (Å²) in [4.78, 5) is 21.8. The van der Waals surface area contributed by atoms with E-state index in [0.717, 1.165) is 29.9 Å². The van der Waals surface area contributed by atoms with Gasteiger partial charge in [0, 0.05) is 17.3 Å². The highest BCUT2D eigenvalue weighted by Crippen LogP contribution is 2.38. The highest BCUT2D eigenvalue weighted by atomic mass is 16.2. The molecular formula is C10H12N4O. The first-order valence-corrected chi connectivity index (χ1v) is 5.12. The molecule has 2 N–H and O–H groups in total. The fraction of sp³-hybridized carbons (Fsp3) is 0.500.